The molecule has 0 bridgehead atoms. The number of benzene rings is 2. The summed E-state index contributed by atoms with van der Waals surface area (Å²) in [6, 6.07) is 14.7. The van der Waals surface area contributed by atoms with Gasteiger partial charge in [-0.3, -0.25) is 4.79 Å². The summed E-state index contributed by atoms with van der Waals surface area (Å²) >= 11 is 6.68. The maximum absolute atomic E-state index is 11.7. The van der Waals surface area contributed by atoms with Crippen LogP contribution in [-0.2, 0) is 4.79 Å². The van der Waals surface area contributed by atoms with Crippen LogP contribution in [-0.4, -0.2) is 12.5 Å². The lowest BCUT2D eigenvalue weighted by molar-refractivity contribution is -0.118. The number of ether oxygens (including phenoxy) is 1. The highest BCUT2D eigenvalue weighted by molar-refractivity contribution is 9.10. The van der Waals surface area contributed by atoms with E-state index in [1.807, 2.05) is 36.4 Å². The van der Waals surface area contributed by atoms with Gasteiger partial charge in [0.2, 0.25) is 0 Å². The minimum absolute atomic E-state index is 0.0197. The van der Waals surface area contributed by atoms with Gasteiger partial charge in [0.1, 0.15) is 5.75 Å². The molecule has 98 valence electrons. The zero-order valence-corrected chi connectivity index (χ0v) is 13.1. The Morgan fingerprint density at radius 3 is 2.47 bits per heavy atom. The average molecular weight is 385 g/mol. The van der Waals surface area contributed by atoms with E-state index in [0.29, 0.717) is 5.75 Å². The third kappa shape index (κ3) is 4.69. The van der Waals surface area contributed by atoms with Gasteiger partial charge in [-0.25, -0.2) is 0 Å². The fourth-order valence-electron chi connectivity index (χ4n) is 1.44. The number of hydrogen-bond acceptors (Lipinski definition) is 2. The Morgan fingerprint density at radius 1 is 1.05 bits per heavy atom. The Kier molecular flexibility index (Phi) is 4.99. The molecule has 0 saturated heterocycles. The van der Waals surface area contributed by atoms with Crippen LogP contribution in [0.5, 0.6) is 5.75 Å². The summed E-state index contributed by atoms with van der Waals surface area (Å²) in [5, 5.41) is 2.76. The molecule has 1 N–H and O–H groups in total. The zero-order valence-electron chi connectivity index (χ0n) is 9.90. The van der Waals surface area contributed by atoms with E-state index in [2.05, 4.69) is 37.2 Å². The Hall–Kier alpha value is -1.33. The van der Waals surface area contributed by atoms with Gasteiger partial charge in [-0.2, -0.15) is 0 Å². The topological polar surface area (TPSA) is 38.3 Å². The summed E-state index contributed by atoms with van der Waals surface area (Å²) in [6.07, 6.45) is 0. The summed E-state index contributed by atoms with van der Waals surface area (Å²) in [6.45, 7) is -0.0197. The van der Waals surface area contributed by atoms with Gasteiger partial charge in [-0.05, 0) is 42.5 Å². The van der Waals surface area contributed by atoms with Crippen LogP contribution in [0.1, 0.15) is 0 Å². The molecule has 0 unspecified atom stereocenters. The number of nitrogens with one attached hydrogen (secondary N) is 1. The van der Waals surface area contributed by atoms with Crippen molar-refractivity contribution in [3.8, 4) is 5.75 Å². The third-order valence-electron chi connectivity index (χ3n) is 2.29. The highest BCUT2D eigenvalue weighted by Gasteiger charge is 2.04. The Bertz CT molecular complexity index is 570. The molecule has 1 amide bonds. The van der Waals surface area contributed by atoms with Crippen LogP contribution in [0.15, 0.2) is 57.5 Å². The normalized spacial score (nSPS) is 10.0. The second-order valence-corrected chi connectivity index (χ2v) is 5.63. The molecule has 0 spiro atoms. The zero-order chi connectivity index (χ0) is 13.7. The second-order valence-electron chi connectivity index (χ2n) is 3.80. The van der Waals surface area contributed by atoms with Crippen molar-refractivity contribution in [2.75, 3.05) is 11.9 Å². The molecule has 0 heterocycles. The summed E-state index contributed by atoms with van der Waals surface area (Å²) in [7, 11) is 0. The van der Waals surface area contributed by atoms with Gasteiger partial charge in [0.05, 0.1) is 0 Å². The highest BCUT2D eigenvalue weighted by Crippen LogP contribution is 2.17. The van der Waals surface area contributed by atoms with Crippen LogP contribution in [0.2, 0.25) is 0 Å². The van der Waals surface area contributed by atoms with Crippen molar-refractivity contribution in [2.24, 2.45) is 0 Å². The number of rotatable bonds is 4. The number of halogens is 2. The van der Waals surface area contributed by atoms with Crippen LogP contribution in [0.4, 0.5) is 5.69 Å². The molecule has 0 fully saturated rings. The van der Waals surface area contributed by atoms with Crippen LogP contribution < -0.4 is 10.1 Å². The van der Waals surface area contributed by atoms with Crippen molar-refractivity contribution in [3.05, 3.63) is 57.5 Å². The van der Waals surface area contributed by atoms with Gasteiger partial charge in [0.15, 0.2) is 6.61 Å². The Morgan fingerprint density at radius 2 is 1.79 bits per heavy atom. The summed E-state index contributed by atoms with van der Waals surface area (Å²) in [4.78, 5) is 11.7. The maximum Gasteiger partial charge on any atom is 0.262 e. The van der Waals surface area contributed by atoms with Gasteiger partial charge < -0.3 is 10.1 Å². The molecule has 2 aromatic carbocycles. The first kappa shape index (κ1) is 14.1. The predicted molar refractivity (Wildman–Crippen MR) is 82.4 cm³/mol. The first-order valence-electron chi connectivity index (χ1n) is 5.57. The quantitative estimate of drug-likeness (QED) is 0.856. The van der Waals surface area contributed by atoms with E-state index in [0.717, 1.165) is 14.6 Å². The number of hydrogen-bond donors (Lipinski definition) is 1. The lowest BCUT2D eigenvalue weighted by atomic mass is 10.3. The summed E-state index contributed by atoms with van der Waals surface area (Å²) in [5.41, 5.74) is 0.735. The predicted octanol–water partition coefficient (Wildman–Crippen LogP) is 4.23. The number of amides is 1. The smallest absolute Gasteiger partial charge is 0.262 e. The molecule has 0 aliphatic rings. The van der Waals surface area contributed by atoms with Gasteiger partial charge in [0, 0.05) is 14.6 Å². The molecule has 0 aliphatic heterocycles. The van der Waals surface area contributed by atoms with E-state index in [-0.39, 0.29) is 12.5 Å². The second kappa shape index (κ2) is 6.73. The molecular weight excluding hydrogens is 374 g/mol. The molecule has 5 heteroatoms. The first-order chi connectivity index (χ1) is 9.13. The lowest BCUT2D eigenvalue weighted by Crippen LogP contribution is -2.20. The SMILES string of the molecule is O=C(COc1ccc(Br)cc1)Nc1cccc(Br)c1. The standard InChI is InChI=1S/C14H11Br2NO2/c15-10-4-6-13(7-5-10)19-9-14(18)17-12-3-1-2-11(16)8-12/h1-8H,9H2,(H,17,18). The van der Waals surface area contributed by atoms with E-state index in [1.54, 1.807) is 12.1 Å². The Labute approximate surface area is 128 Å². The Balaban J connectivity index is 1.86. The van der Waals surface area contributed by atoms with Gasteiger partial charge in [-0.15, -0.1) is 0 Å². The van der Waals surface area contributed by atoms with Crippen LogP contribution >= 0.6 is 31.9 Å². The highest BCUT2D eigenvalue weighted by atomic mass is 79.9. The minimum Gasteiger partial charge on any atom is -0.484 e. The molecular formula is C14H11Br2NO2. The van der Waals surface area contributed by atoms with E-state index < -0.39 is 0 Å². The van der Waals surface area contributed by atoms with Crippen LogP contribution in [0, 0.1) is 0 Å². The third-order valence-corrected chi connectivity index (χ3v) is 3.31. The molecule has 19 heavy (non-hydrogen) atoms. The van der Waals surface area contributed by atoms with E-state index in [4.69, 9.17) is 4.74 Å². The summed E-state index contributed by atoms with van der Waals surface area (Å²) in [5.74, 6) is 0.466. The molecule has 0 radical (unpaired) electrons. The van der Waals surface area contributed by atoms with Gasteiger partial charge in [-0.1, -0.05) is 37.9 Å². The van der Waals surface area contributed by atoms with Gasteiger partial charge >= 0.3 is 0 Å². The molecule has 3 nitrogen and oxygen atoms in total. The monoisotopic (exact) mass is 383 g/mol. The van der Waals surface area contributed by atoms with Crippen LogP contribution in [0.25, 0.3) is 0 Å². The van der Waals surface area contributed by atoms with Crippen molar-refractivity contribution in [1.82, 2.24) is 0 Å². The largest absolute Gasteiger partial charge is 0.484 e. The molecule has 2 aromatic rings. The first-order valence-corrected chi connectivity index (χ1v) is 7.16. The van der Waals surface area contributed by atoms with E-state index in [9.17, 15) is 4.79 Å². The van der Waals surface area contributed by atoms with Crippen molar-refractivity contribution >= 4 is 43.5 Å². The van der Waals surface area contributed by atoms with Crippen molar-refractivity contribution in [3.63, 3.8) is 0 Å². The fourth-order valence-corrected chi connectivity index (χ4v) is 2.11. The average Bonchev–Trinajstić information content (AvgIpc) is 2.38. The molecule has 0 aliphatic carbocycles. The van der Waals surface area contributed by atoms with Crippen LogP contribution in [0.3, 0.4) is 0 Å². The summed E-state index contributed by atoms with van der Waals surface area (Å²) < 4.78 is 7.27. The molecule has 0 aromatic heterocycles. The number of carbonyl (C=O) groups is 1. The molecule has 0 saturated carbocycles. The van der Waals surface area contributed by atoms with E-state index in [1.165, 1.54) is 0 Å². The maximum atomic E-state index is 11.7. The number of anilines is 1. The van der Waals surface area contributed by atoms with Crippen molar-refractivity contribution in [1.29, 1.82) is 0 Å². The van der Waals surface area contributed by atoms with Crippen molar-refractivity contribution in [2.45, 2.75) is 0 Å². The van der Waals surface area contributed by atoms with Crippen molar-refractivity contribution < 1.29 is 9.53 Å². The minimum atomic E-state index is -0.194. The lowest BCUT2D eigenvalue weighted by Gasteiger charge is -2.07. The number of carbonyl (C=O) groups excluding carboxylic acids is 1. The van der Waals surface area contributed by atoms with E-state index >= 15 is 0 Å². The molecule has 2 rings (SSSR count). The van der Waals surface area contributed by atoms with Gasteiger partial charge in [0.25, 0.3) is 5.91 Å². The fraction of sp³-hybridized carbons (Fsp3) is 0.0714. The molecule has 0 atom stereocenters.